The van der Waals surface area contributed by atoms with Gasteiger partial charge in [0.05, 0.1) is 18.2 Å². The highest BCUT2D eigenvalue weighted by atomic mass is 19.1. The summed E-state index contributed by atoms with van der Waals surface area (Å²) in [5, 5.41) is 17.5. The van der Waals surface area contributed by atoms with Gasteiger partial charge in [0.15, 0.2) is 0 Å². The summed E-state index contributed by atoms with van der Waals surface area (Å²) in [6.07, 6.45) is 4.81. The Morgan fingerprint density at radius 2 is 1.78 bits per heavy atom. The number of carbonyl (C=O) groups excluding carboxylic acids is 1. The average molecular weight is 555 g/mol. The quantitative estimate of drug-likeness (QED) is 0.247. The molecule has 3 N–H and O–H groups in total. The van der Waals surface area contributed by atoms with Gasteiger partial charge in [-0.15, -0.1) is 10.2 Å². The summed E-state index contributed by atoms with van der Waals surface area (Å²) < 4.78 is 42.1. The number of aromatic amines is 2. The van der Waals surface area contributed by atoms with Gasteiger partial charge >= 0.3 is 0 Å². The van der Waals surface area contributed by atoms with E-state index in [1.54, 1.807) is 42.9 Å². The number of tetrazole rings is 1. The van der Waals surface area contributed by atoms with Crippen molar-refractivity contribution >= 4 is 16.8 Å². The number of nitrogens with zero attached hydrogens (tertiary/aromatic N) is 5. The molecule has 0 saturated heterocycles. The average Bonchev–Trinajstić information content (AvgIpc) is 3.63. The molecule has 4 aromatic heterocycles. The van der Waals surface area contributed by atoms with E-state index in [2.05, 4.69) is 40.9 Å². The van der Waals surface area contributed by atoms with E-state index in [-0.39, 0.29) is 18.7 Å². The lowest BCUT2D eigenvalue weighted by molar-refractivity contribution is -0.121. The maximum atomic E-state index is 14.1. The van der Waals surface area contributed by atoms with Crippen molar-refractivity contribution < 1.29 is 18.0 Å². The topological polar surface area (TPSA) is 125 Å². The van der Waals surface area contributed by atoms with Crippen LogP contribution in [0.25, 0.3) is 33.5 Å². The molecule has 204 valence electrons. The molecule has 41 heavy (non-hydrogen) atoms. The second-order valence-electron chi connectivity index (χ2n) is 9.38. The molecule has 4 heterocycles. The smallest absolute Gasteiger partial charge is 0.225 e. The standard InChI is InChI=1S/C29H21F3N8O/c30-19-3-4-24-23(14-19)18(15-35-24)12-27(41)36-25(10-16-8-20(31)13-21(32)9-16)28-22(2-1-6-34-28)17-5-7-33-26(11-17)29-37-39-40-38-29/h1-9,11,13-15,25,35H,10,12H2,(H,36,41)(H,37,38,39,40)/t25-/m0/s1. The first-order chi connectivity index (χ1) is 19.9. The number of hydrogen-bond donors (Lipinski definition) is 3. The minimum Gasteiger partial charge on any atom is -0.361 e. The van der Waals surface area contributed by atoms with Crippen LogP contribution < -0.4 is 5.32 Å². The number of H-pyrrole nitrogens is 2. The van der Waals surface area contributed by atoms with Crippen molar-refractivity contribution in [2.45, 2.75) is 18.9 Å². The molecule has 0 fully saturated rings. The molecule has 2 aromatic carbocycles. The number of halogens is 3. The number of benzene rings is 2. The molecule has 0 spiro atoms. The number of hydrogen-bond acceptors (Lipinski definition) is 6. The van der Waals surface area contributed by atoms with Crippen LogP contribution in [0.2, 0.25) is 0 Å². The lowest BCUT2D eigenvalue weighted by Crippen LogP contribution is -2.32. The zero-order chi connectivity index (χ0) is 28.3. The van der Waals surface area contributed by atoms with E-state index in [1.165, 1.54) is 24.3 Å². The highest BCUT2D eigenvalue weighted by molar-refractivity contribution is 5.89. The molecule has 0 aliphatic heterocycles. The second-order valence-corrected chi connectivity index (χ2v) is 9.38. The fourth-order valence-electron chi connectivity index (χ4n) is 4.83. The van der Waals surface area contributed by atoms with Gasteiger partial charge < -0.3 is 10.3 Å². The van der Waals surface area contributed by atoms with Crippen molar-refractivity contribution in [2.24, 2.45) is 0 Å². The number of rotatable bonds is 8. The van der Waals surface area contributed by atoms with Gasteiger partial charge in [-0.2, -0.15) is 5.21 Å². The van der Waals surface area contributed by atoms with Crippen molar-refractivity contribution in [3.63, 3.8) is 0 Å². The van der Waals surface area contributed by atoms with Crippen LogP contribution in [0.15, 0.2) is 79.3 Å². The summed E-state index contributed by atoms with van der Waals surface area (Å²) in [4.78, 5) is 25.3. The summed E-state index contributed by atoms with van der Waals surface area (Å²) >= 11 is 0. The molecule has 1 atom stereocenters. The molecular weight excluding hydrogens is 533 g/mol. The van der Waals surface area contributed by atoms with Crippen LogP contribution in [0, 0.1) is 17.5 Å². The van der Waals surface area contributed by atoms with Crippen molar-refractivity contribution in [1.82, 2.24) is 40.9 Å². The SMILES string of the molecule is O=C(Cc1c[nH]c2ccc(F)cc12)N[C@@H](Cc1cc(F)cc(F)c1)c1ncccc1-c1ccnc(-c2nn[nH]n2)c1. The van der Waals surface area contributed by atoms with Gasteiger partial charge in [-0.25, -0.2) is 13.2 Å². The zero-order valence-corrected chi connectivity index (χ0v) is 21.3. The van der Waals surface area contributed by atoms with Crippen molar-refractivity contribution in [1.29, 1.82) is 0 Å². The minimum atomic E-state index is -0.774. The molecule has 0 saturated carbocycles. The van der Waals surface area contributed by atoms with Gasteiger partial charge in [-0.3, -0.25) is 14.8 Å². The Bertz CT molecular complexity index is 1830. The molecule has 0 bridgehead atoms. The highest BCUT2D eigenvalue weighted by Crippen LogP contribution is 2.31. The molecule has 12 heteroatoms. The molecule has 0 aliphatic rings. The Labute approximate surface area is 230 Å². The van der Waals surface area contributed by atoms with Crippen LogP contribution in [-0.2, 0) is 17.6 Å². The van der Waals surface area contributed by atoms with Crippen LogP contribution in [-0.4, -0.2) is 41.5 Å². The van der Waals surface area contributed by atoms with Crippen LogP contribution in [0.5, 0.6) is 0 Å². The summed E-state index contributed by atoms with van der Waals surface area (Å²) in [5.41, 5.74) is 3.94. The van der Waals surface area contributed by atoms with E-state index >= 15 is 0 Å². The Morgan fingerprint density at radius 3 is 2.59 bits per heavy atom. The molecule has 0 aliphatic carbocycles. The summed E-state index contributed by atoms with van der Waals surface area (Å²) in [5.74, 6) is -1.96. The summed E-state index contributed by atoms with van der Waals surface area (Å²) in [6.45, 7) is 0. The molecule has 6 rings (SSSR count). The molecule has 6 aromatic rings. The lowest BCUT2D eigenvalue weighted by Gasteiger charge is -2.22. The molecule has 0 unspecified atom stereocenters. The molecular formula is C29H21F3N8O. The van der Waals surface area contributed by atoms with Crippen molar-refractivity contribution in [3.05, 3.63) is 114 Å². The predicted molar refractivity (Wildman–Crippen MR) is 144 cm³/mol. The van der Waals surface area contributed by atoms with E-state index in [9.17, 15) is 18.0 Å². The third-order valence-electron chi connectivity index (χ3n) is 6.59. The van der Waals surface area contributed by atoms with Gasteiger partial charge in [0.1, 0.15) is 23.1 Å². The fraction of sp³-hybridized carbons (Fsp3) is 0.103. The number of carbonyl (C=O) groups is 1. The largest absolute Gasteiger partial charge is 0.361 e. The van der Waals surface area contributed by atoms with E-state index in [0.717, 1.165) is 6.07 Å². The van der Waals surface area contributed by atoms with E-state index in [0.29, 0.717) is 50.4 Å². The Morgan fingerprint density at radius 1 is 0.927 bits per heavy atom. The predicted octanol–water partition coefficient (Wildman–Crippen LogP) is 4.87. The Hall–Kier alpha value is -5.39. The monoisotopic (exact) mass is 554 g/mol. The third kappa shape index (κ3) is 5.66. The van der Waals surface area contributed by atoms with Crippen molar-refractivity contribution in [3.8, 4) is 22.6 Å². The Kier molecular flexibility index (Phi) is 6.94. The molecule has 1 amide bonds. The van der Waals surface area contributed by atoms with Crippen LogP contribution in [0.3, 0.4) is 0 Å². The van der Waals surface area contributed by atoms with Gasteiger partial charge in [0.25, 0.3) is 0 Å². The van der Waals surface area contributed by atoms with Gasteiger partial charge in [0.2, 0.25) is 11.7 Å². The molecule has 9 nitrogen and oxygen atoms in total. The maximum absolute atomic E-state index is 14.1. The van der Waals surface area contributed by atoms with Gasteiger partial charge in [-0.05, 0) is 76.9 Å². The maximum Gasteiger partial charge on any atom is 0.225 e. The second kappa shape index (κ2) is 11.0. The van der Waals surface area contributed by atoms with Crippen LogP contribution in [0.4, 0.5) is 13.2 Å². The van der Waals surface area contributed by atoms with Crippen LogP contribution >= 0.6 is 0 Å². The number of fused-ring (bicyclic) bond motifs is 1. The van der Waals surface area contributed by atoms with Crippen molar-refractivity contribution in [2.75, 3.05) is 0 Å². The first-order valence-corrected chi connectivity index (χ1v) is 12.6. The number of amides is 1. The summed E-state index contributed by atoms with van der Waals surface area (Å²) in [7, 11) is 0. The molecule has 0 radical (unpaired) electrons. The lowest BCUT2D eigenvalue weighted by atomic mass is 9.95. The van der Waals surface area contributed by atoms with E-state index in [1.807, 2.05) is 6.07 Å². The first kappa shape index (κ1) is 25.9. The van der Waals surface area contributed by atoms with Gasteiger partial charge in [-0.1, -0.05) is 6.07 Å². The van der Waals surface area contributed by atoms with E-state index in [4.69, 9.17) is 0 Å². The number of aromatic nitrogens is 7. The van der Waals surface area contributed by atoms with Crippen LogP contribution in [0.1, 0.15) is 22.9 Å². The summed E-state index contributed by atoms with van der Waals surface area (Å²) in [6, 6.07) is 13.8. The van der Waals surface area contributed by atoms with E-state index < -0.39 is 23.5 Å². The fourth-order valence-corrected chi connectivity index (χ4v) is 4.83. The highest BCUT2D eigenvalue weighted by Gasteiger charge is 2.23. The Balaban J connectivity index is 1.36. The van der Waals surface area contributed by atoms with Gasteiger partial charge in [0, 0.05) is 41.1 Å². The zero-order valence-electron chi connectivity index (χ0n) is 21.3. The normalized spacial score (nSPS) is 12.0. The first-order valence-electron chi connectivity index (χ1n) is 12.6. The number of nitrogens with one attached hydrogen (secondary N) is 3. The number of pyridine rings is 2. The third-order valence-corrected chi connectivity index (χ3v) is 6.59. The minimum absolute atomic E-state index is 0.0513.